The third-order valence-corrected chi connectivity index (χ3v) is 3.30. The van der Waals surface area contributed by atoms with Crippen molar-refractivity contribution < 1.29 is 0 Å². The molecule has 0 amide bonds. The van der Waals surface area contributed by atoms with Gasteiger partial charge in [0.2, 0.25) is 0 Å². The van der Waals surface area contributed by atoms with E-state index >= 15 is 0 Å². The molecule has 0 aliphatic carbocycles. The molecule has 1 aliphatic heterocycles. The largest absolute Gasteiger partial charge is 0.387 e. The van der Waals surface area contributed by atoms with Crippen molar-refractivity contribution in [2.75, 3.05) is 11.9 Å². The predicted molar refractivity (Wildman–Crippen MR) is 73.4 cm³/mol. The topological polar surface area (TPSA) is 50.4 Å². The van der Waals surface area contributed by atoms with Crippen LogP contribution in [0.3, 0.4) is 0 Å². The Hall–Kier alpha value is -1.51. The Morgan fingerprint density at radius 2 is 2.12 bits per heavy atom. The molecule has 3 N–H and O–H groups in total. The second-order valence-electron chi connectivity index (χ2n) is 4.80. The van der Waals surface area contributed by atoms with Crippen LogP contribution in [0, 0.1) is 5.92 Å². The minimum atomic E-state index is 0.438. The van der Waals surface area contributed by atoms with E-state index < -0.39 is 0 Å². The standard InChI is InChI=1S/C14H21N3/c1-11-10-14(15)17-13(11)8-5-9-16-12-6-3-2-4-7-12/h2-4,6-7,11,13,16H,5,8-10H2,1H3,(H2,15,17)/t11-,13+/m0/s1. The molecule has 0 fully saturated rings. The highest BCUT2D eigenvalue weighted by molar-refractivity contribution is 5.82. The molecular formula is C14H21N3. The number of para-hydroxylation sites is 1. The lowest BCUT2D eigenvalue weighted by atomic mass is 9.98. The first-order valence-corrected chi connectivity index (χ1v) is 6.37. The van der Waals surface area contributed by atoms with Gasteiger partial charge >= 0.3 is 0 Å². The number of benzene rings is 1. The van der Waals surface area contributed by atoms with Crippen LogP contribution < -0.4 is 11.1 Å². The van der Waals surface area contributed by atoms with Gasteiger partial charge in [0.25, 0.3) is 0 Å². The zero-order valence-electron chi connectivity index (χ0n) is 10.4. The molecule has 0 unspecified atom stereocenters. The molecule has 3 nitrogen and oxygen atoms in total. The lowest BCUT2D eigenvalue weighted by Crippen LogP contribution is -2.13. The Morgan fingerprint density at radius 3 is 2.76 bits per heavy atom. The van der Waals surface area contributed by atoms with Crippen molar-refractivity contribution >= 4 is 11.5 Å². The van der Waals surface area contributed by atoms with Crippen molar-refractivity contribution in [2.24, 2.45) is 16.6 Å². The monoisotopic (exact) mass is 231 g/mol. The van der Waals surface area contributed by atoms with Gasteiger partial charge in [-0.15, -0.1) is 0 Å². The second-order valence-corrected chi connectivity index (χ2v) is 4.80. The lowest BCUT2D eigenvalue weighted by Gasteiger charge is -2.13. The van der Waals surface area contributed by atoms with Gasteiger partial charge < -0.3 is 11.1 Å². The van der Waals surface area contributed by atoms with Gasteiger partial charge in [0.15, 0.2) is 0 Å². The summed E-state index contributed by atoms with van der Waals surface area (Å²) >= 11 is 0. The number of anilines is 1. The molecule has 0 spiro atoms. The molecule has 0 saturated heterocycles. The summed E-state index contributed by atoms with van der Waals surface area (Å²) in [6, 6.07) is 10.7. The van der Waals surface area contributed by atoms with Crippen LogP contribution >= 0.6 is 0 Å². The first kappa shape index (κ1) is 12.0. The molecule has 2 atom stereocenters. The van der Waals surface area contributed by atoms with Gasteiger partial charge in [-0.25, -0.2) is 0 Å². The van der Waals surface area contributed by atoms with E-state index in [1.807, 2.05) is 18.2 Å². The fraction of sp³-hybridized carbons (Fsp3) is 0.500. The van der Waals surface area contributed by atoms with Crippen molar-refractivity contribution in [1.82, 2.24) is 0 Å². The predicted octanol–water partition coefficient (Wildman–Crippen LogP) is 2.64. The van der Waals surface area contributed by atoms with Crippen molar-refractivity contribution in [3.63, 3.8) is 0 Å². The summed E-state index contributed by atoms with van der Waals surface area (Å²) in [6.07, 6.45) is 3.24. The number of rotatable bonds is 5. The van der Waals surface area contributed by atoms with Gasteiger partial charge in [-0.2, -0.15) is 0 Å². The summed E-state index contributed by atoms with van der Waals surface area (Å²) < 4.78 is 0. The summed E-state index contributed by atoms with van der Waals surface area (Å²) in [6.45, 7) is 3.24. The smallest absolute Gasteiger partial charge is 0.0944 e. The molecule has 92 valence electrons. The van der Waals surface area contributed by atoms with E-state index in [4.69, 9.17) is 5.73 Å². The van der Waals surface area contributed by atoms with E-state index in [0.717, 1.165) is 31.6 Å². The molecule has 0 aromatic heterocycles. The van der Waals surface area contributed by atoms with E-state index in [1.54, 1.807) is 0 Å². The van der Waals surface area contributed by atoms with E-state index in [-0.39, 0.29) is 0 Å². The van der Waals surface area contributed by atoms with Crippen molar-refractivity contribution in [3.8, 4) is 0 Å². The van der Waals surface area contributed by atoms with E-state index in [1.165, 1.54) is 5.69 Å². The minimum Gasteiger partial charge on any atom is -0.387 e. The number of nitrogens with one attached hydrogen (secondary N) is 1. The molecule has 0 saturated carbocycles. The highest BCUT2D eigenvalue weighted by atomic mass is 14.9. The van der Waals surface area contributed by atoms with Gasteiger partial charge in [0.05, 0.1) is 11.9 Å². The van der Waals surface area contributed by atoms with Gasteiger partial charge in [-0.05, 0) is 30.9 Å². The van der Waals surface area contributed by atoms with Gasteiger partial charge in [0, 0.05) is 18.7 Å². The van der Waals surface area contributed by atoms with Crippen LogP contribution in [0.2, 0.25) is 0 Å². The molecule has 17 heavy (non-hydrogen) atoms. The van der Waals surface area contributed by atoms with Crippen LogP contribution in [0.5, 0.6) is 0 Å². The highest BCUT2D eigenvalue weighted by Crippen LogP contribution is 2.22. The third kappa shape index (κ3) is 3.48. The van der Waals surface area contributed by atoms with Crippen LogP contribution in [0.15, 0.2) is 35.3 Å². The average Bonchev–Trinajstić information content (AvgIpc) is 2.65. The Balaban J connectivity index is 1.67. The normalized spacial score (nSPS) is 23.5. The zero-order valence-corrected chi connectivity index (χ0v) is 10.4. The molecule has 2 rings (SSSR count). The molecule has 1 aromatic rings. The minimum absolute atomic E-state index is 0.438. The first-order chi connectivity index (χ1) is 8.25. The number of nitrogens with zero attached hydrogens (tertiary/aromatic N) is 1. The first-order valence-electron chi connectivity index (χ1n) is 6.37. The van der Waals surface area contributed by atoms with Crippen molar-refractivity contribution in [3.05, 3.63) is 30.3 Å². The molecule has 3 heteroatoms. The SMILES string of the molecule is C[C@H]1CC(N)=N[C@@H]1CCCNc1ccccc1. The average molecular weight is 231 g/mol. The number of aliphatic imine (C=N–C) groups is 1. The van der Waals surface area contributed by atoms with Crippen molar-refractivity contribution in [1.29, 1.82) is 0 Å². The highest BCUT2D eigenvalue weighted by Gasteiger charge is 2.23. The molecule has 0 bridgehead atoms. The summed E-state index contributed by atoms with van der Waals surface area (Å²) in [5.74, 6) is 1.45. The van der Waals surface area contributed by atoms with Crippen LogP contribution in [-0.4, -0.2) is 18.4 Å². The van der Waals surface area contributed by atoms with Crippen LogP contribution in [0.1, 0.15) is 26.2 Å². The molecular weight excluding hydrogens is 210 g/mol. The number of nitrogens with two attached hydrogens (primary N) is 1. The Morgan fingerprint density at radius 1 is 1.35 bits per heavy atom. The Bertz CT molecular complexity index is 372. The number of hydrogen-bond donors (Lipinski definition) is 2. The Labute approximate surface area is 103 Å². The van der Waals surface area contributed by atoms with Gasteiger partial charge in [-0.1, -0.05) is 25.1 Å². The second kappa shape index (κ2) is 5.71. The fourth-order valence-electron chi connectivity index (χ4n) is 2.31. The summed E-state index contributed by atoms with van der Waals surface area (Å²) in [5.41, 5.74) is 6.94. The molecule has 1 heterocycles. The third-order valence-electron chi connectivity index (χ3n) is 3.30. The molecule has 0 radical (unpaired) electrons. The lowest BCUT2D eigenvalue weighted by molar-refractivity contribution is 0.468. The Kier molecular flexibility index (Phi) is 4.02. The van der Waals surface area contributed by atoms with E-state index in [0.29, 0.717) is 12.0 Å². The van der Waals surface area contributed by atoms with Crippen LogP contribution in [0.25, 0.3) is 0 Å². The van der Waals surface area contributed by atoms with Crippen LogP contribution in [0.4, 0.5) is 5.69 Å². The number of hydrogen-bond acceptors (Lipinski definition) is 3. The molecule has 1 aliphatic rings. The molecule has 1 aromatic carbocycles. The maximum Gasteiger partial charge on any atom is 0.0944 e. The maximum absolute atomic E-state index is 5.75. The quantitative estimate of drug-likeness (QED) is 0.765. The van der Waals surface area contributed by atoms with Gasteiger partial charge in [0.1, 0.15) is 0 Å². The fourth-order valence-corrected chi connectivity index (χ4v) is 2.31. The number of amidine groups is 1. The summed E-state index contributed by atoms with van der Waals surface area (Å²) in [4.78, 5) is 4.48. The summed E-state index contributed by atoms with van der Waals surface area (Å²) in [5, 5.41) is 3.41. The van der Waals surface area contributed by atoms with E-state index in [2.05, 4.69) is 29.4 Å². The van der Waals surface area contributed by atoms with E-state index in [9.17, 15) is 0 Å². The maximum atomic E-state index is 5.75. The van der Waals surface area contributed by atoms with Crippen LogP contribution in [-0.2, 0) is 0 Å². The van der Waals surface area contributed by atoms with Gasteiger partial charge in [-0.3, -0.25) is 4.99 Å². The summed E-state index contributed by atoms with van der Waals surface area (Å²) in [7, 11) is 0. The zero-order chi connectivity index (χ0) is 12.1. The van der Waals surface area contributed by atoms with Crippen molar-refractivity contribution in [2.45, 2.75) is 32.2 Å².